The number of fused-ring (bicyclic) bond motifs is 2. The summed E-state index contributed by atoms with van der Waals surface area (Å²) >= 11 is 0. The molecule has 2 aromatic rings. The summed E-state index contributed by atoms with van der Waals surface area (Å²) in [6, 6.07) is 4.68. The van der Waals surface area contributed by atoms with Crippen LogP contribution in [0.15, 0.2) is 24.5 Å². The van der Waals surface area contributed by atoms with Crippen LogP contribution in [0.1, 0.15) is 6.42 Å². The number of hydrogen-bond acceptors (Lipinski definition) is 5. The average Bonchev–Trinajstić information content (AvgIpc) is 3.00. The first-order chi connectivity index (χ1) is 8.92. The number of aromatic nitrogens is 3. The quantitative estimate of drug-likeness (QED) is 0.801. The fourth-order valence-corrected chi connectivity index (χ4v) is 3.14. The van der Waals surface area contributed by atoms with Crippen molar-refractivity contribution in [3.05, 3.63) is 24.5 Å². The summed E-state index contributed by atoms with van der Waals surface area (Å²) in [5.74, 6) is 1.82. The lowest BCUT2D eigenvalue weighted by Gasteiger charge is -2.24. The molecule has 4 rings (SSSR count). The van der Waals surface area contributed by atoms with Crippen molar-refractivity contribution in [3.63, 3.8) is 0 Å². The minimum absolute atomic E-state index is 0.603. The van der Waals surface area contributed by atoms with Crippen molar-refractivity contribution >= 4 is 17.0 Å². The van der Waals surface area contributed by atoms with Crippen LogP contribution in [0.3, 0.4) is 0 Å². The zero-order valence-electron chi connectivity index (χ0n) is 10.1. The summed E-state index contributed by atoms with van der Waals surface area (Å²) in [6.45, 7) is 3.33. The van der Waals surface area contributed by atoms with Crippen molar-refractivity contribution in [2.75, 3.05) is 24.5 Å². The van der Waals surface area contributed by atoms with Crippen LogP contribution in [0.25, 0.3) is 11.2 Å². The van der Waals surface area contributed by atoms with Gasteiger partial charge in [0, 0.05) is 38.1 Å². The van der Waals surface area contributed by atoms with Crippen LogP contribution in [-0.2, 0) is 0 Å². The Morgan fingerprint density at radius 3 is 3.11 bits per heavy atom. The number of nitrogens with zero attached hydrogens (tertiary/aromatic N) is 4. The molecule has 2 aromatic heterocycles. The van der Waals surface area contributed by atoms with Gasteiger partial charge in [-0.15, -0.1) is 0 Å². The van der Waals surface area contributed by atoms with Crippen LogP contribution in [0.4, 0.5) is 5.82 Å². The topological polar surface area (TPSA) is 53.9 Å². The second kappa shape index (κ2) is 3.88. The van der Waals surface area contributed by atoms with Gasteiger partial charge in [0.15, 0.2) is 5.65 Å². The van der Waals surface area contributed by atoms with Crippen molar-refractivity contribution in [2.45, 2.75) is 12.5 Å². The molecule has 0 unspecified atom stereocenters. The van der Waals surface area contributed by atoms with Crippen LogP contribution in [0.5, 0.6) is 0 Å². The number of anilines is 1. The third kappa shape index (κ3) is 1.47. The number of rotatable bonds is 1. The maximum absolute atomic E-state index is 4.64. The molecule has 0 spiro atoms. The molecule has 2 saturated heterocycles. The van der Waals surface area contributed by atoms with Gasteiger partial charge in [-0.1, -0.05) is 0 Å². The molecule has 4 heterocycles. The van der Waals surface area contributed by atoms with Gasteiger partial charge in [0.25, 0.3) is 0 Å². The molecule has 0 aromatic carbocycles. The van der Waals surface area contributed by atoms with Crippen LogP contribution in [0.2, 0.25) is 0 Å². The van der Waals surface area contributed by atoms with Crippen molar-refractivity contribution in [3.8, 4) is 0 Å². The molecule has 0 aliphatic carbocycles. The normalized spacial score (nSPS) is 26.8. The third-order valence-electron chi connectivity index (χ3n) is 4.06. The number of hydrogen-bond donors (Lipinski definition) is 1. The van der Waals surface area contributed by atoms with E-state index in [1.54, 1.807) is 12.4 Å². The fraction of sp³-hybridized carbons (Fsp3) is 0.462. The van der Waals surface area contributed by atoms with Crippen LogP contribution < -0.4 is 10.2 Å². The predicted octanol–water partition coefficient (Wildman–Crippen LogP) is 0.823. The zero-order valence-corrected chi connectivity index (χ0v) is 10.1. The van der Waals surface area contributed by atoms with E-state index in [0.29, 0.717) is 6.04 Å². The van der Waals surface area contributed by atoms with E-state index in [1.807, 2.05) is 6.07 Å². The second-order valence-corrected chi connectivity index (χ2v) is 5.04. The minimum Gasteiger partial charge on any atom is -0.352 e. The van der Waals surface area contributed by atoms with Gasteiger partial charge in [-0.2, -0.15) is 0 Å². The van der Waals surface area contributed by atoms with E-state index in [-0.39, 0.29) is 0 Å². The maximum atomic E-state index is 4.64. The summed E-state index contributed by atoms with van der Waals surface area (Å²) in [4.78, 5) is 15.6. The highest BCUT2D eigenvalue weighted by molar-refractivity contribution is 5.71. The standard InChI is InChI=1S/C13H15N5/c1-2-12(17-13-10(1)15-4-5-16-13)18-6-3-9-7-14-8-11(9)18/h1-2,4-5,9,11,14H,3,6-8H2/t9-,11+/m0/s1. The Kier molecular flexibility index (Phi) is 2.20. The highest BCUT2D eigenvalue weighted by Gasteiger charge is 2.38. The van der Waals surface area contributed by atoms with Gasteiger partial charge < -0.3 is 10.2 Å². The molecule has 92 valence electrons. The Morgan fingerprint density at radius 1 is 1.17 bits per heavy atom. The lowest BCUT2D eigenvalue weighted by Crippen LogP contribution is -2.34. The SMILES string of the molecule is c1cnc2nc(N3CC[C@H]4CNC[C@H]43)ccc2n1. The predicted molar refractivity (Wildman–Crippen MR) is 69.4 cm³/mol. The van der Waals surface area contributed by atoms with Crippen molar-refractivity contribution in [1.29, 1.82) is 0 Å². The first-order valence-corrected chi connectivity index (χ1v) is 6.47. The van der Waals surface area contributed by atoms with Gasteiger partial charge in [-0.05, 0) is 24.5 Å². The molecule has 2 fully saturated rings. The maximum Gasteiger partial charge on any atom is 0.180 e. The molecule has 0 saturated carbocycles. The Balaban J connectivity index is 1.74. The lowest BCUT2D eigenvalue weighted by atomic mass is 10.1. The molecule has 1 N–H and O–H groups in total. The first-order valence-electron chi connectivity index (χ1n) is 6.47. The van der Waals surface area contributed by atoms with Crippen LogP contribution in [-0.4, -0.2) is 40.6 Å². The molecule has 0 radical (unpaired) electrons. The highest BCUT2D eigenvalue weighted by atomic mass is 15.3. The molecule has 5 heteroatoms. The Morgan fingerprint density at radius 2 is 2.11 bits per heavy atom. The zero-order chi connectivity index (χ0) is 11.9. The largest absolute Gasteiger partial charge is 0.352 e. The molecule has 18 heavy (non-hydrogen) atoms. The highest BCUT2D eigenvalue weighted by Crippen LogP contribution is 2.31. The van der Waals surface area contributed by atoms with Gasteiger partial charge in [0.1, 0.15) is 11.3 Å². The van der Waals surface area contributed by atoms with Crippen molar-refractivity contribution in [2.24, 2.45) is 5.92 Å². The molecular formula is C13H15N5. The van der Waals surface area contributed by atoms with Crippen LogP contribution in [0, 0.1) is 5.92 Å². The molecule has 2 aliphatic heterocycles. The lowest BCUT2D eigenvalue weighted by molar-refractivity contribution is 0.577. The van der Waals surface area contributed by atoms with E-state index in [1.165, 1.54) is 6.42 Å². The van der Waals surface area contributed by atoms with E-state index in [0.717, 1.165) is 42.5 Å². The molecule has 5 nitrogen and oxygen atoms in total. The van der Waals surface area contributed by atoms with Crippen molar-refractivity contribution in [1.82, 2.24) is 20.3 Å². The molecule has 0 amide bonds. The number of pyridine rings is 1. The molecule has 2 atom stereocenters. The van der Waals surface area contributed by atoms with Crippen molar-refractivity contribution < 1.29 is 0 Å². The van der Waals surface area contributed by atoms with E-state index in [4.69, 9.17) is 0 Å². The summed E-state index contributed by atoms with van der Waals surface area (Å²) in [5.41, 5.74) is 1.60. The van der Waals surface area contributed by atoms with E-state index >= 15 is 0 Å². The molecule has 0 bridgehead atoms. The monoisotopic (exact) mass is 241 g/mol. The summed E-state index contributed by atoms with van der Waals surface area (Å²) in [7, 11) is 0. The Bertz CT molecular complexity index is 584. The van der Waals surface area contributed by atoms with Gasteiger partial charge in [-0.3, -0.25) is 4.98 Å². The Labute approximate surface area is 105 Å². The van der Waals surface area contributed by atoms with Gasteiger partial charge in [0.05, 0.1) is 0 Å². The summed E-state index contributed by atoms with van der Waals surface area (Å²) in [5, 5.41) is 3.46. The summed E-state index contributed by atoms with van der Waals surface area (Å²) in [6.07, 6.45) is 4.66. The first kappa shape index (κ1) is 10.2. The van der Waals surface area contributed by atoms with E-state index in [2.05, 4.69) is 31.2 Å². The minimum atomic E-state index is 0.603. The Hall–Kier alpha value is -1.75. The smallest absolute Gasteiger partial charge is 0.180 e. The third-order valence-corrected chi connectivity index (χ3v) is 4.06. The van der Waals surface area contributed by atoms with Gasteiger partial charge in [-0.25, -0.2) is 9.97 Å². The van der Waals surface area contributed by atoms with E-state index < -0.39 is 0 Å². The molecular weight excluding hydrogens is 226 g/mol. The van der Waals surface area contributed by atoms with E-state index in [9.17, 15) is 0 Å². The van der Waals surface area contributed by atoms with Gasteiger partial charge in [0.2, 0.25) is 0 Å². The number of nitrogens with one attached hydrogen (secondary N) is 1. The fourth-order valence-electron chi connectivity index (χ4n) is 3.14. The molecule has 2 aliphatic rings. The van der Waals surface area contributed by atoms with Gasteiger partial charge >= 0.3 is 0 Å². The second-order valence-electron chi connectivity index (χ2n) is 5.04. The average molecular weight is 241 g/mol. The summed E-state index contributed by atoms with van der Waals surface area (Å²) < 4.78 is 0. The van der Waals surface area contributed by atoms with Crippen LogP contribution >= 0.6 is 0 Å².